The van der Waals surface area contributed by atoms with Crippen LogP contribution in [-0.2, 0) is 9.59 Å². The number of amides is 2. The summed E-state index contributed by atoms with van der Waals surface area (Å²) in [7, 11) is 0. The Hall–Kier alpha value is -1.30. The van der Waals surface area contributed by atoms with Gasteiger partial charge in [0.15, 0.2) is 0 Å². The average Bonchev–Trinajstić information content (AvgIpc) is 2.47. The Morgan fingerprint density at radius 3 is 2.57 bits per heavy atom. The maximum absolute atomic E-state index is 12.2. The van der Waals surface area contributed by atoms with E-state index in [4.69, 9.17) is 28.9 Å². The van der Waals surface area contributed by atoms with Gasteiger partial charge in [-0.3, -0.25) is 14.5 Å². The van der Waals surface area contributed by atoms with Gasteiger partial charge in [-0.2, -0.15) is 0 Å². The molecule has 0 saturated carbocycles. The molecule has 1 aromatic carbocycles. The monoisotopic (exact) mass is 357 g/mol. The molecule has 0 spiro atoms. The highest BCUT2D eigenvalue weighted by atomic mass is 35.5. The van der Waals surface area contributed by atoms with Crippen molar-refractivity contribution in [2.75, 3.05) is 19.6 Å². The predicted molar refractivity (Wildman–Crippen MR) is 91.4 cm³/mol. The van der Waals surface area contributed by atoms with Gasteiger partial charge in [0, 0.05) is 16.0 Å². The molecule has 1 aromatic rings. The molecule has 2 amide bonds. The second-order valence-electron chi connectivity index (χ2n) is 5.91. The van der Waals surface area contributed by atoms with Crippen LogP contribution in [0, 0.1) is 5.92 Å². The van der Waals surface area contributed by atoms with E-state index in [9.17, 15) is 9.59 Å². The van der Waals surface area contributed by atoms with Gasteiger partial charge in [0.1, 0.15) is 0 Å². The molecule has 126 valence electrons. The van der Waals surface area contributed by atoms with Gasteiger partial charge in [-0.05, 0) is 50.6 Å². The molecule has 1 heterocycles. The first kappa shape index (κ1) is 18.0. The number of carbonyl (C=O) groups is 2. The van der Waals surface area contributed by atoms with Gasteiger partial charge >= 0.3 is 0 Å². The number of primary amides is 1. The minimum absolute atomic E-state index is 0.0684. The van der Waals surface area contributed by atoms with Crippen LogP contribution >= 0.6 is 23.2 Å². The minimum atomic E-state index is -0.250. The van der Waals surface area contributed by atoms with Crippen molar-refractivity contribution in [2.45, 2.75) is 25.8 Å². The van der Waals surface area contributed by atoms with E-state index < -0.39 is 0 Å². The summed E-state index contributed by atoms with van der Waals surface area (Å²) in [5.41, 5.74) is 6.14. The van der Waals surface area contributed by atoms with Crippen LogP contribution in [0.3, 0.4) is 0 Å². The summed E-state index contributed by atoms with van der Waals surface area (Å²) in [5.74, 6) is -0.387. The Morgan fingerprint density at radius 1 is 1.35 bits per heavy atom. The van der Waals surface area contributed by atoms with E-state index in [1.54, 1.807) is 12.1 Å². The molecule has 1 atom stereocenters. The second-order valence-corrected chi connectivity index (χ2v) is 6.75. The lowest BCUT2D eigenvalue weighted by molar-refractivity contribution is -0.124. The van der Waals surface area contributed by atoms with E-state index in [0.717, 1.165) is 5.56 Å². The van der Waals surface area contributed by atoms with Gasteiger partial charge in [-0.25, -0.2) is 0 Å². The first-order chi connectivity index (χ1) is 10.9. The third kappa shape index (κ3) is 5.09. The van der Waals surface area contributed by atoms with Crippen LogP contribution in [0.5, 0.6) is 0 Å². The lowest BCUT2D eigenvalue weighted by Crippen LogP contribution is -2.44. The number of nitrogens with two attached hydrogens (primary N) is 1. The molecule has 0 aromatic heterocycles. The van der Waals surface area contributed by atoms with Gasteiger partial charge in [-0.1, -0.05) is 29.3 Å². The van der Waals surface area contributed by atoms with Crippen LogP contribution in [0.15, 0.2) is 18.2 Å². The fourth-order valence-corrected chi connectivity index (χ4v) is 3.37. The quantitative estimate of drug-likeness (QED) is 0.849. The topological polar surface area (TPSA) is 75.4 Å². The number of likely N-dealkylation sites (tertiary alicyclic amines) is 1. The normalized spacial score (nSPS) is 17.7. The molecule has 0 unspecified atom stereocenters. The van der Waals surface area contributed by atoms with Gasteiger partial charge in [0.05, 0.1) is 12.6 Å². The molecule has 1 fully saturated rings. The Balaban J connectivity index is 1.84. The maximum Gasteiger partial charge on any atom is 0.234 e. The first-order valence-electron chi connectivity index (χ1n) is 7.63. The number of nitrogens with zero attached hydrogens (tertiary/aromatic N) is 1. The van der Waals surface area contributed by atoms with E-state index in [1.807, 2.05) is 17.9 Å². The van der Waals surface area contributed by atoms with Crippen molar-refractivity contribution >= 4 is 35.0 Å². The van der Waals surface area contributed by atoms with Crippen molar-refractivity contribution in [1.82, 2.24) is 10.2 Å². The molecular formula is C16H21Cl2N3O2. The number of hydrogen-bond donors (Lipinski definition) is 2. The Bertz CT molecular complexity index is 587. The molecule has 0 radical (unpaired) electrons. The molecule has 1 aliphatic heterocycles. The van der Waals surface area contributed by atoms with E-state index in [1.165, 1.54) is 0 Å². The summed E-state index contributed by atoms with van der Waals surface area (Å²) in [6.07, 6.45) is 1.42. The number of benzene rings is 1. The molecule has 0 bridgehead atoms. The van der Waals surface area contributed by atoms with Crippen molar-refractivity contribution in [2.24, 2.45) is 11.7 Å². The Labute approximate surface area is 146 Å². The van der Waals surface area contributed by atoms with E-state index in [2.05, 4.69) is 5.32 Å². The number of carbonyl (C=O) groups excluding carboxylic acids is 2. The Kier molecular flexibility index (Phi) is 6.27. The minimum Gasteiger partial charge on any atom is -0.369 e. The molecule has 7 heteroatoms. The van der Waals surface area contributed by atoms with E-state index in [0.29, 0.717) is 42.5 Å². The summed E-state index contributed by atoms with van der Waals surface area (Å²) in [4.78, 5) is 25.4. The predicted octanol–water partition coefficient (Wildman–Crippen LogP) is 2.37. The first-order valence-corrected chi connectivity index (χ1v) is 8.38. The summed E-state index contributed by atoms with van der Waals surface area (Å²) >= 11 is 12.0. The summed E-state index contributed by atoms with van der Waals surface area (Å²) in [5, 5.41) is 4.04. The SMILES string of the molecule is C[C@H](NC(=O)CN1CCC(C(N)=O)CC1)c1ccc(Cl)cc1Cl. The molecule has 0 aliphatic carbocycles. The van der Waals surface area contributed by atoms with Gasteiger partial charge in [-0.15, -0.1) is 0 Å². The third-order valence-corrected chi connectivity index (χ3v) is 4.73. The van der Waals surface area contributed by atoms with Crippen LogP contribution in [-0.4, -0.2) is 36.3 Å². The number of piperidine rings is 1. The average molecular weight is 358 g/mol. The highest BCUT2D eigenvalue weighted by Gasteiger charge is 2.24. The number of hydrogen-bond acceptors (Lipinski definition) is 3. The van der Waals surface area contributed by atoms with Gasteiger partial charge in [0.25, 0.3) is 0 Å². The zero-order valence-corrected chi connectivity index (χ0v) is 14.5. The lowest BCUT2D eigenvalue weighted by Gasteiger charge is -2.30. The summed E-state index contributed by atoms with van der Waals surface area (Å²) < 4.78 is 0. The number of halogens is 2. The lowest BCUT2D eigenvalue weighted by atomic mass is 9.96. The molecule has 1 aliphatic rings. The maximum atomic E-state index is 12.2. The standard InChI is InChI=1S/C16H21Cl2N3O2/c1-10(13-3-2-12(17)8-14(13)18)20-15(22)9-21-6-4-11(5-7-21)16(19)23/h2-3,8,10-11H,4-7,9H2,1H3,(H2,19,23)(H,20,22)/t10-/m0/s1. The van der Waals surface area contributed by atoms with E-state index in [-0.39, 0.29) is 23.8 Å². The van der Waals surface area contributed by atoms with Crippen LogP contribution in [0.25, 0.3) is 0 Å². The van der Waals surface area contributed by atoms with Crippen molar-refractivity contribution < 1.29 is 9.59 Å². The van der Waals surface area contributed by atoms with Crippen LogP contribution < -0.4 is 11.1 Å². The molecule has 2 rings (SSSR count). The van der Waals surface area contributed by atoms with Gasteiger partial charge in [0.2, 0.25) is 11.8 Å². The second kappa shape index (κ2) is 7.99. The summed E-state index contributed by atoms with van der Waals surface area (Å²) in [6.45, 7) is 3.60. The van der Waals surface area contributed by atoms with Crippen LogP contribution in [0.1, 0.15) is 31.4 Å². The smallest absolute Gasteiger partial charge is 0.234 e. The van der Waals surface area contributed by atoms with Crippen LogP contribution in [0.4, 0.5) is 0 Å². The number of rotatable bonds is 5. The zero-order chi connectivity index (χ0) is 17.0. The zero-order valence-electron chi connectivity index (χ0n) is 13.0. The van der Waals surface area contributed by atoms with Crippen molar-refractivity contribution in [3.63, 3.8) is 0 Å². The molecule has 3 N–H and O–H groups in total. The van der Waals surface area contributed by atoms with Crippen molar-refractivity contribution in [1.29, 1.82) is 0 Å². The van der Waals surface area contributed by atoms with Crippen molar-refractivity contribution in [3.05, 3.63) is 33.8 Å². The van der Waals surface area contributed by atoms with E-state index >= 15 is 0 Å². The fraction of sp³-hybridized carbons (Fsp3) is 0.500. The highest BCUT2D eigenvalue weighted by Crippen LogP contribution is 2.26. The third-order valence-electron chi connectivity index (χ3n) is 4.16. The summed E-state index contributed by atoms with van der Waals surface area (Å²) in [6, 6.07) is 5.03. The fourth-order valence-electron chi connectivity index (χ4n) is 2.80. The molecule has 5 nitrogen and oxygen atoms in total. The van der Waals surface area contributed by atoms with Crippen LogP contribution in [0.2, 0.25) is 10.0 Å². The van der Waals surface area contributed by atoms with Gasteiger partial charge < -0.3 is 11.1 Å². The van der Waals surface area contributed by atoms with Crippen molar-refractivity contribution in [3.8, 4) is 0 Å². The highest BCUT2D eigenvalue weighted by molar-refractivity contribution is 6.35. The number of nitrogens with one attached hydrogen (secondary N) is 1. The largest absolute Gasteiger partial charge is 0.369 e. The Morgan fingerprint density at radius 2 is 2.00 bits per heavy atom. The molecular weight excluding hydrogens is 337 g/mol. The molecule has 1 saturated heterocycles. The molecule has 23 heavy (non-hydrogen) atoms.